The molecule has 0 bridgehead atoms. The maximum absolute atomic E-state index is 12.2. The van der Waals surface area contributed by atoms with E-state index in [1.807, 2.05) is 47.2 Å². The van der Waals surface area contributed by atoms with Gasteiger partial charge in [-0.15, -0.1) is 0 Å². The third-order valence-corrected chi connectivity index (χ3v) is 3.31. The lowest BCUT2D eigenvalue weighted by atomic mass is 10.1. The third-order valence-electron chi connectivity index (χ3n) is 3.31. The van der Waals surface area contributed by atoms with E-state index in [4.69, 9.17) is 10.5 Å². The number of amides is 1. The fraction of sp³-hybridized carbons (Fsp3) is 0.312. The van der Waals surface area contributed by atoms with Crippen LogP contribution in [0.5, 0.6) is 0 Å². The van der Waals surface area contributed by atoms with Crippen LogP contribution in [-0.4, -0.2) is 30.7 Å². The molecule has 1 heterocycles. The second-order valence-corrected chi connectivity index (χ2v) is 4.81. The molecule has 0 aliphatic rings. The summed E-state index contributed by atoms with van der Waals surface area (Å²) in [5.41, 5.74) is 7.70. The topological polar surface area (TPSA) is 69.3 Å². The average Bonchev–Trinajstić information content (AvgIpc) is 2.99. The van der Waals surface area contributed by atoms with E-state index in [-0.39, 0.29) is 11.9 Å². The van der Waals surface area contributed by atoms with Gasteiger partial charge in [-0.05, 0) is 17.7 Å². The number of methoxy groups -OCH3 is 1. The SMILES string of the molecule is COCCn1cccc1C(=O)NCC(N)c1ccccc1. The number of benzene rings is 1. The molecule has 2 rings (SSSR count). The fourth-order valence-electron chi connectivity index (χ4n) is 2.12. The van der Waals surface area contributed by atoms with Gasteiger partial charge in [0.15, 0.2) is 0 Å². The van der Waals surface area contributed by atoms with Crippen molar-refractivity contribution >= 4 is 5.91 Å². The summed E-state index contributed by atoms with van der Waals surface area (Å²) in [7, 11) is 1.64. The first-order valence-electron chi connectivity index (χ1n) is 6.95. The number of hydrogen-bond acceptors (Lipinski definition) is 3. The monoisotopic (exact) mass is 287 g/mol. The average molecular weight is 287 g/mol. The predicted octanol–water partition coefficient (Wildman–Crippen LogP) is 1.56. The summed E-state index contributed by atoms with van der Waals surface area (Å²) in [6, 6.07) is 13.2. The van der Waals surface area contributed by atoms with Gasteiger partial charge in [-0.1, -0.05) is 30.3 Å². The Hall–Kier alpha value is -2.11. The Morgan fingerprint density at radius 2 is 2.05 bits per heavy atom. The molecule has 0 radical (unpaired) electrons. The van der Waals surface area contributed by atoms with Gasteiger partial charge < -0.3 is 20.4 Å². The van der Waals surface area contributed by atoms with Crippen LogP contribution in [0, 0.1) is 0 Å². The summed E-state index contributed by atoms with van der Waals surface area (Å²) >= 11 is 0. The lowest BCUT2D eigenvalue weighted by molar-refractivity contribution is 0.0939. The highest BCUT2D eigenvalue weighted by atomic mass is 16.5. The third kappa shape index (κ3) is 4.18. The molecule has 3 N–H and O–H groups in total. The molecule has 1 amide bonds. The molecule has 112 valence electrons. The van der Waals surface area contributed by atoms with Crippen molar-refractivity contribution in [2.45, 2.75) is 12.6 Å². The first kappa shape index (κ1) is 15.3. The van der Waals surface area contributed by atoms with Crippen LogP contribution < -0.4 is 11.1 Å². The summed E-state index contributed by atoms with van der Waals surface area (Å²) in [6.07, 6.45) is 1.87. The van der Waals surface area contributed by atoms with Gasteiger partial charge in [-0.2, -0.15) is 0 Å². The minimum atomic E-state index is -0.211. The Bertz CT molecular complexity index is 566. The summed E-state index contributed by atoms with van der Waals surface area (Å²) in [5.74, 6) is -0.123. The molecule has 0 saturated heterocycles. The predicted molar refractivity (Wildman–Crippen MR) is 82.0 cm³/mol. The van der Waals surface area contributed by atoms with Crippen molar-refractivity contribution in [3.63, 3.8) is 0 Å². The maximum atomic E-state index is 12.2. The molecule has 0 fully saturated rings. The number of nitrogens with two attached hydrogens (primary N) is 1. The van der Waals surface area contributed by atoms with Crippen LogP contribution in [0.2, 0.25) is 0 Å². The van der Waals surface area contributed by atoms with Gasteiger partial charge in [-0.3, -0.25) is 4.79 Å². The Balaban J connectivity index is 1.91. The summed E-state index contributed by atoms with van der Waals surface area (Å²) in [4.78, 5) is 12.2. The smallest absolute Gasteiger partial charge is 0.267 e. The number of carbonyl (C=O) groups excluding carboxylic acids is 1. The molecular formula is C16H21N3O2. The second kappa shape index (κ2) is 7.61. The van der Waals surface area contributed by atoms with Gasteiger partial charge in [0.2, 0.25) is 0 Å². The van der Waals surface area contributed by atoms with E-state index in [0.717, 1.165) is 5.56 Å². The van der Waals surface area contributed by atoms with E-state index < -0.39 is 0 Å². The second-order valence-electron chi connectivity index (χ2n) is 4.81. The molecule has 1 aromatic heterocycles. The van der Waals surface area contributed by atoms with Crippen LogP contribution in [0.25, 0.3) is 0 Å². The Kier molecular flexibility index (Phi) is 5.54. The molecule has 5 heteroatoms. The molecule has 1 aromatic carbocycles. The fourth-order valence-corrected chi connectivity index (χ4v) is 2.12. The van der Waals surface area contributed by atoms with Gasteiger partial charge in [0.05, 0.1) is 6.61 Å². The van der Waals surface area contributed by atoms with Crippen LogP contribution in [0.1, 0.15) is 22.1 Å². The van der Waals surface area contributed by atoms with E-state index >= 15 is 0 Å². The molecule has 0 aliphatic carbocycles. The van der Waals surface area contributed by atoms with E-state index in [1.54, 1.807) is 13.2 Å². The van der Waals surface area contributed by atoms with Crippen LogP contribution in [0.3, 0.4) is 0 Å². The number of ether oxygens (including phenoxy) is 1. The molecule has 2 aromatic rings. The van der Waals surface area contributed by atoms with Crippen molar-refractivity contribution in [2.24, 2.45) is 5.73 Å². The van der Waals surface area contributed by atoms with Crippen LogP contribution in [0.15, 0.2) is 48.7 Å². The molecule has 1 unspecified atom stereocenters. The molecule has 21 heavy (non-hydrogen) atoms. The quantitative estimate of drug-likeness (QED) is 0.812. The van der Waals surface area contributed by atoms with Gasteiger partial charge in [0.1, 0.15) is 5.69 Å². The first-order chi connectivity index (χ1) is 10.2. The summed E-state index contributed by atoms with van der Waals surface area (Å²) < 4.78 is 6.90. The van der Waals surface area contributed by atoms with Gasteiger partial charge in [0, 0.05) is 32.4 Å². The zero-order valence-corrected chi connectivity index (χ0v) is 12.2. The van der Waals surface area contributed by atoms with Gasteiger partial charge in [0.25, 0.3) is 5.91 Å². The van der Waals surface area contributed by atoms with E-state index in [2.05, 4.69) is 5.32 Å². The highest BCUT2D eigenvalue weighted by Gasteiger charge is 2.12. The molecule has 5 nitrogen and oxygen atoms in total. The normalized spacial score (nSPS) is 12.1. The standard InChI is InChI=1S/C16H21N3O2/c1-21-11-10-19-9-5-8-15(19)16(20)18-12-14(17)13-6-3-2-4-7-13/h2-9,14H,10-12,17H2,1H3,(H,18,20). The Labute approximate surface area is 124 Å². The lowest BCUT2D eigenvalue weighted by Gasteiger charge is -2.14. The summed E-state index contributed by atoms with van der Waals surface area (Å²) in [6.45, 7) is 1.62. The minimum Gasteiger partial charge on any atom is -0.383 e. The number of hydrogen-bond donors (Lipinski definition) is 2. The Morgan fingerprint density at radius 1 is 1.29 bits per heavy atom. The highest BCUT2D eigenvalue weighted by Crippen LogP contribution is 2.09. The Morgan fingerprint density at radius 3 is 2.76 bits per heavy atom. The van der Waals surface area contributed by atoms with Crippen molar-refractivity contribution in [3.05, 3.63) is 59.9 Å². The number of aromatic nitrogens is 1. The largest absolute Gasteiger partial charge is 0.383 e. The molecular weight excluding hydrogens is 266 g/mol. The van der Waals surface area contributed by atoms with E-state index in [1.165, 1.54) is 0 Å². The van der Waals surface area contributed by atoms with Crippen molar-refractivity contribution < 1.29 is 9.53 Å². The van der Waals surface area contributed by atoms with Crippen molar-refractivity contribution in [3.8, 4) is 0 Å². The van der Waals surface area contributed by atoms with E-state index in [9.17, 15) is 4.79 Å². The highest BCUT2D eigenvalue weighted by molar-refractivity contribution is 5.92. The van der Waals surface area contributed by atoms with Crippen molar-refractivity contribution in [1.82, 2.24) is 9.88 Å². The van der Waals surface area contributed by atoms with Gasteiger partial charge in [-0.25, -0.2) is 0 Å². The molecule has 0 spiro atoms. The van der Waals surface area contributed by atoms with Crippen LogP contribution in [-0.2, 0) is 11.3 Å². The van der Waals surface area contributed by atoms with Crippen LogP contribution in [0.4, 0.5) is 0 Å². The minimum absolute atomic E-state index is 0.123. The van der Waals surface area contributed by atoms with E-state index in [0.29, 0.717) is 25.4 Å². The number of rotatable bonds is 7. The summed E-state index contributed by atoms with van der Waals surface area (Å²) in [5, 5.41) is 2.87. The number of nitrogens with one attached hydrogen (secondary N) is 1. The maximum Gasteiger partial charge on any atom is 0.267 e. The zero-order chi connectivity index (χ0) is 15.1. The van der Waals surface area contributed by atoms with Crippen molar-refractivity contribution in [2.75, 3.05) is 20.3 Å². The van der Waals surface area contributed by atoms with Crippen LogP contribution >= 0.6 is 0 Å². The molecule has 0 saturated carbocycles. The lowest BCUT2D eigenvalue weighted by Crippen LogP contribution is -2.33. The number of carbonyl (C=O) groups is 1. The number of nitrogens with zero attached hydrogens (tertiary/aromatic N) is 1. The molecule has 0 aliphatic heterocycles. The zero-order valence-electron chi connectivity index (χ0n) is 12.2. The molecule has 1 atom stereocenters. The van der Waals surface area contributed by atoms with Gasteiger partial charge >= 0.3 is 0 Å². The first-order valence-corrected chi connectivity index (χ1v) is 6.95. The van der Waals surface area contributed by atoms with Crippen molar-refractivity contribution in [1.29, 1.82) is 0 Å².